The highest BCUT2D eigenvalue weighted by Gasteiger charge is 2.12. The molecule has 0 amide bonds. The zero-order valence-corrected chi connectivity index (χ0v) is 15.0. The molecule has 0 aliphatic rings. The van der Waals surface area contributed by atoms with Gasteiger partial charge in [0.1, 0.15) is 23.1 Å². The van der Waals surface area contributed by atoms with Gasteiger partial charge >= 0.3 is 5.97 Å². The number of ether oxygens (including phenoxy) is 3. The lowest BCUT2D eigenvalue weighted by molar-refractivity contribution is -0.136. The van der Waals surface area contributed by atoms with E-state index in [9.17, 15) is 4.79 Å². The topological polar surface area (TPSA) is 77.9 Å². The smallest absolute Gasteiger partial charge is 0.303 e. The minimum atomic E-state index is -0.894. The zero-order chi connectivity index (χ0) is 18.2. The largest absolute Gasteiger partial charge is 0.491 e. The van der Waals surface area contributed by atoms with Crippen molar-refractivity contribution in [3.8, 4) is 17.4 Å². The number of rotatable bonds is 9. The first-order valence-electron chi connectivity index (χ1n) is 7.45. The fourth-order valence-electron chi connectivity index (χ4n) is 1.99. The predicted molar refractivity (Wildman–Crippen MR) is 94.1 cm³/mol. The van der Waals surface area contributed by atoms with Crippen molar-refractivity contribution in [3.63, 3.8) is 0 Å². The first kappa shape index (κ1) is 19.3. The summed E-state index contributed by atoms with van der Waals surface area (Å²) < 4.78 is 16.3. The van der Waals surface area contributed by atoms with E-state index in [-0.39, 0.29) is 17.3 Å². The molecule has 0 radical (unpaired) electrons. The molecule has 134 valence electrons. The van der Waals surface area contributed by atoms with Crippen molar-refractivity contribution in [1.29, 1.82) is 0 Å². The van der Waals surface area contributed by atoms with E-state index in [1.54, 1.807) is 25.3 Å². The lowest BCUT2D eigenvalue weighted by Gasteiger charge is -2.13. The number of methoxy groups -OCH3 is 1. The Kier molecular flexibility index (Phi) is 7.31. The van der Waals surface area contributed by atoms with E-state index in [4.69, 9.17) is 42.5 Å². The van der Waals surface area contributed by atoms with Gasteiger partial charge in [0.2, 0.25) is 5.88 Å². The average molecular weight is 386 g/mol. The third-order valence-electron chi connectivity index (χ3n) is 3.18. The molecule has 25 heavy (non-hydrogen) atoms. The molecule has 0 aliphatic heterocycles. The summed E-state index contributed by atoms with van der Waals surface area (Å²) in [5, 5.41) is 9.54. The van der Waals surface area contributed by atoms with Crippen LogP contribution in [0.2, 0.25) is 10.0 Å². The normalized spacial score (nSPS) is 10.5. The monoisotopic (exact) mass is 385 g/mol. The second-order valence-corrected chi connectivity index (χ2v) is 5.89. The second kappa shape index (κ2) is 9.46. The predicted octanol–water partition coefficient (Wildman–Crippen LogP) is 4.22. The number of halogens is 2. The molecule has 2 aromatic rings. The molecule has 0 bridgehead atoms. The van der Waals surface area contributed by atoms with Crippen LogP contribution in [0.5, 0.6) is 17.4 Å². The maximum Gasteiger partial charge on any atom is 0.303 e. The first-order chi connectivity index (χ1) is 12.0. The number of aliphatic carboxylic acids is 1. The maximum atomic E-state index is 10.8. The summed E-state index contributed by atoms with van der Waals surface area (Å²) in [5.74, 6) is 0.273. The van der Waals surface area contributed by atoms with Crippen molar-refractivity contribution < 1.29 is 24.1 Å². The molecule has 1 N–H and O–H groups in total. The van der Waals surface area contributed by atoms with Gasteiger partial charge in [-0.2, -0.15) is 0 Å². The Morgan fingerprint density at radius 3 is 2.72 bits per heavy atom. The number of hydrogen-bond donors (Lipinski definition) is 1. The molecule has 1 aromatic carbocycles. The van der Waals surface area contributed by atoms with Gasteiger partial charge in [0.25, 0.3) is 0 Å². The number of hydrogen-bond acceptors (Lipinski definition) is 5. The van der Waals surface area contributed by atoms with Gasteiger partial charge in [-0.25, -0.2) is 4.98 Å². The SMILES string of the molecule is COCCOc1ccc(CCC(=O)O)c(Oc2ncc(Cl)cc2Cl)c1. The van der Waals surface area contributed by atoms with Gasteiger partial charge in [-0.15, -0.1) is 0 Å². The van der Waals surface area contributed by atoms with Crippen molar-refractivity contribution in [3.05, 3.63) is 46.1 Å². The van der Waals surface area contributed by atoms with E-state index >= 15 is 0 Å². The minimum Gasteiger partial charge on any atom is -0.491 e. The quantitative estimate of drug-likeness (QED) is 0.650. The molecule has 2 rings (SSSR count). The van der Waals surface area contributed by atoms with E-state index in [1.165, 1.54) is 12.3 Å². The van der Waals surface area contributed by atoms with Gasteiger partial charge in [-0.05, 0) is 24.1 Å². The van der Waals surface area contributed by atoms with Crippen LogP contribution < -0.4 is 9.47 Å². The standard InChI is InChI=1S/C17H17Cl2NO5/c1-23-6-7-24-13-4-2-11(3-5-16(21)22)15(9-13)25-17-14(19)8-12(18)10-20-17/h2,4,8-10H,3,5-7H2,1H3,(H,21,22). The summed E-state index contributed by atoms with van der Waals surface area (Å²) in [6.07, 6.45) is 1.69. The molecular formula is C17H17Cl2NO5. The molecule has 1 aromatic heterocycles. The van der Waals surface area contributed by atoms with Crippen molar-refractivity contribution in [1.82, 2.24) is 4.98 Å². The molecule has 0 unspecified atom stereocenters. The fourth-order valence-corrected chi connectivity index (χ4v) is 2.41. The molecule has 0 saturated carbocycles. The summed E-state index contributed by atoms with van der Waals surface area (Å²) in [6, 6.07) is 6.68. The number of aromatic nitrogens is 1. The minimum absolute atomic E-state index is 0.0258. The van der Waals surface area contributed by atoms with Crippen LogP contribution in [0.1, 0.15) is 12.0 Å². The van der Waals surface area contributed by atoms with Crippen LogP contribution in [-0.4, -0.2) is 36.4 Å². The number of pyridine rings is 1. The zero-order valence-electron chi connectivity index (χ0n) is 13.5. The van der Waals surface area contributed by atoms with Crippen LogP contribution >= 0.6 is 23.2 Å². The van der Waals surface area contributed by atoms with Crippen LogP contribution in [0.3, 0.4) is 0 Å². The van der Waals surface area contributed by atoms with E-state index in [2.05, 4.69) is 4.98 Å². The summed E-state index contributed by atoms with van der Waals surface area (Å²) >= 11 is 11.9. The molecule has 0 saturated heterocycles. The summed E-state index contributed by atoms with van der Waals surface area (Å²) in [5.41, 5.74) is 0.703. The molecule has 8 heteroatoms. The number of benzene rings is 1. The van der Waals surface area contributed by atoms with Gasteiger partial charge in [-0.1, -0.05) is 29.3 Å². The molecular weight excluding hydrogens is 369 g/mol. The third-order valence-corrected chi connectivity index (χ3v) is 3.66. The van der Waals surface area contributed by atoms with Gasteiger partial charge in [0, 0.05) is 25.8 Å². The highest BCUT2D eigenvalue weighted by Crippen LogP contribution is 2.33. The Morgan fingerprint density at radius 1 is 1.24 bits per heavy atom. The summed E-state index contributed by atoms with van der Waals surface area (Å²) in [7, 11) is 1.58. The van der Waals surface area contributed by atoms with E-state index in [1.807, 2.05) is 0 Å². The number of aryl methyl sites for hydroxylation is 1. The van der Waals surface area contributed by atoms with Crippen molar-refractivity contribution in [2.45, 2.75) is 12.8 Å². The number of carboxylic acid groups (broad SMARTS) is 1. The Balaban J connectivity index is 2.25. The Bertz CT molecular complexity index is 739. The summed E-state index contributed by atoms with van der Waals surface area (Å²) in [6.45, 7) is 0.825. The number of carbonyl (C=O) groups is 1. The highest BCUT2D eigenvalue weighted by atomic mass is 35.5. The second-order valence-electron chi connectivity index (χ2n) is 5.05. The van der Waals surface area contributed by atoms with Crippen LogP contribution in [0, 0.1) is 0 Å². The number of carboxylic acids is 1. The van der Waals surface area contributed by atoms with E-state index in [0.717, 1.165) is 0 Å². The van der Waals surface area contributed by atoms with Crippen molar-refractivity contribution in [2.24, 2.45) is 0 Å². The lowest BCUT2D eigenvalue weighted by Crippen LogP contribution is -2.05. The van der Waals surface area contributed by atoms with E-state index < -0.39 is 5.97 Å². The number of nitrogens with zero attached hydrogens (tertiary/aromatic N) is 1. The van der Waals surface area contributed by atoms with Crippen molar-refractivity contribution >= 4 is 29.2 Å². The summed E-state index contributed by atoms with van der Waals surface area (Å²) in [4.78, 5) is 14.9. The van der Waals surface area contributed by atoms with Crippen LogP contribution in [0.4, 0.5) is 0 Å². The van der Waals surface area contributed by atoms with Crippen LogP contribution in [0.25, 0.3) is 0 Å². The fraction of sp³-hybridized carbons (Fsp3) is 0.294. The first-order valence-corrected chi connectivity index (χ1v) is 8.20. The van der Waals surface area contributed by atoms with Gasteiger partial charge < -0.3 is 19.3 Å². The maximum absolute atomic E-state index is 10.8. The Hall–Kier alpha value is -2.02. The molecule has 0 aliphatic carbocycles. The van der Waals surface area contributed by atoms with Gasteiger partial charge in [-0.3, -0.25) is 4.79 Å². The van der Waals surface area contributed by atoms with Gasteiger partial charge in [0.05, 0.1) is 11.6 Å². The molecule has 0 fully saturated rings. The van der Waals surface area contributed by atoms with E-state index in [0.29, 0.717) is 41.7 Å². The highest BCUT2D eigenvalue weighted by molar-refractivity contribution is 6.35. The molecule has 0 atom stereocenters. The van der Waals surface area contributed by atoms with Gasteiger partial charge in [0.15, 0.2) is 0 Å². The molecule has 1 heterocycles. The van der Waals surface area contributed by atoms with Crippen LogP contribution in [0.15, 0.2) is 30.5 Å². The van der Waals surface area contributed by atoms with Crippen molar-refractivity contribution in [2.75, 3.05) is 20.3 Å². The third kappa shape index (κ3) is 6.08. The molecule has 6 nitrogen and oxygen atoms in total. The average Bonchev–Trinajstić information content (AvgIpc) is 2.56. The Morgan fingerprint density at radius 2 is 2.04 bits per heavy atom. The van der Waals surface area contributed by atoms with Crippen LogP contribution in [-0.2, 0) is 16.0 Å². The molecule has 0 spiro atoms. The lowest BCUT2D eigenvalue weighted by atomic mass is 10.1. The Labute approximate surface area is 155 Å².